The van der Waals surface area contributed by atoms with Crippen LogP contribution in [0.25, 0.3) is 11.3 Å². The summed E-state index contributed by atoms with van der Waals surface area (Å²) < 4.78 is 0. The topological polar surface area (TPSA) is 56.6 Å². The van der Waals surface area contributed by atoms with E-state index in [1.165, 1.54) is 0 Å². The molecule has 0 saturated carbocycles. The third-order valence-corrected chi connectivity index (χ3v) is 3.03. The fourth-order valence-electron chi connectivity index (χ4n) is 2.22. The summed E-state index contributed by atoms with van der Waals surface area (Å²) in [6.45, 7) is 6.28. The van der Waals surface area contributed by atoms with Gasteiger partial charge in [0.15, 0.2) is 0 Å². The van der Waals surface area contributed by atoms with Crippen LogP contribution in [0, 0.1) is 16.7 Å². The zero-order valence-corrected chi connectivity index (χ0v) is 12.0. The van der Waals surface area contributed by atoms with Gasteiger partial charge in [0.2, 0.25) is 0 Å². The summed E-state index contributed by atoms with van der Waals surface area (Å²) in [7, 11) is 0. The van der Waals surface area contributed by atoms with Gasteiger partial charge in [-0.3, -0.25) is 4.79 Å². The van der Waals surface area contributed by atoms with E-state index in [1.54, 1.807) is 0 Å². The fourth-order valence-corrected chi connectivity index (χ4v) is 2.22. The van der Waals surface area contributed by atoms with Crippen LogP contribution in [0.3, 0.4) is 0 Å². The summed E-state index contributed by atoms with van der Waals surface area (Å²) in [6.07, 6.45) is 0.694. The Kier molecular flexibility index (Phi) is 3.76. The third kappa shape index (κ3) is 3.16. The summed E-state index contributed by atoms with van der Waals surface area (Å²) in [5, 5.41) is 9.19. The number of rotatable bonds is 2. The van der Waals surface area contributed by atoms with Crippen LogP contribution >= 0.6 is 0 Å². The Balaban J connectivity index is 2.59. The normalized spacial score (nSPS) is 11.1. The molecule has 102 valence electrons. The number of nitriles is 1. The fraction of sp³-hybridized carbons (Fsp3) is 0.294. The highest BCUT2D eigenvalue weighted by molar-refractivity contribution is 5.61. The third-order valence-electron chi connectivity index (χ3n) is 3.03. The number of benzene rings is 1. The van der Waals surface area contributed by atoms with E-state index < -0.39 is 0 Å². The van der Waals surface area contributed by atoms with E-state index >= 15 is 0 Å². The molecule has 1 heterocycles. The van der Waals surface area contributed by atoms with Gasteiger partial charge >= 0.3 is 0 Å². The standard InChI is InChI=1S/C17H18N2O/c1-17(2,3)10-13-9-15(12-7-5-4-6-8-12)19-16(20)14(13)11-18/h4-9H,10H2,1-3H3,(H,19,20). The van der Waals surface area contributed by atoms with E-state index in [1.807, 2.05) is 42.5 Å². The number of nitrogens with zero attached hydrogens (tertiary/aromatic N) is 1. The van der Waals surface area contributed by atoms with Gasteiger partial charge in [-0.05, 0) is 29.0 Å². The Morgan fingerprint density at radius 3 is 2.40 bits per heavy atom. The molecule has 0 aliphatic heterocycles. The first-order valence-electron chi connectivity index (χ1n) is 6.62. The van der Waals surface area contributed by atoms with Crippen molar-refractivity contribution in [3.05, 3.63) is 57.9 Å². The summed E-state index contributed by atoms with van der Waals surface area (Å²) in [6, 6.07) is 13.6. The van der Waals surface area contributed by atoms with Gasteiger partial charge in [-0.1, -0.05) is 51.1 Å². The number of aromatic amines is 1. The molecule has 0 saturated heterocycles. The largest absolute Gasteiger partial charge is 0.321 e. The predicted octanol–water partition coefficient (Wildman–Crippen LogP) is 3.50. The highest BCUT2D eigenvalue weighted by atomic mass is 16.1. The van der Waals surface area contributed by atoms with Crippen molar-refractivity contribution in [1.29, 1.82) is 5.26 Å². The minimum Gasteiger partial charge on any atom is -0.321 e. The lowest BCUT2D eigenvalue weighted by Crippen LogP contribution is -2.18. The van der Waals surface area contributed by atoms with E-state index in [0.717, 1.165) is 16.8 Å². The smallest absolute Gasteiger partial charge is 0.266 e. The van der Waals surface area contributed by atoms with Crippen LogP contribution in [0.4, 0.5) is 0 Å². The van der Waals surface area contributed by atoms with Crippen LogP contribution in [-0.4, -0.2) is 4.98 Å². The van der Waals surface area contributed by atoms with Crippen molar-refractivity contribution in [3.63, 3.8) is 0 Å². The monoisotopic (exact) mass is 266 g/mol. The summed E-state index contributed by atoms with van der Waals surface area (Å²) in [4.78, 5) is 14.9. The Bertz CT molecular complexity index is 700. The van der Waals surface area contributed by atoms with Crippen LogP contribution in [0.15, 0.2) is 41.2 Å². The number of aromatic nitrogens is 1. The van der Waals surface area contributed by atoms with Crippen molar-refractivity contribution in [3.8, 4) is 17.3 Å². The molecule has 0 amide bonds. The van der Waals surface area contributed by atoms with Gasteiger partial charge < -0.3 is 4.98 Å². The maximum Gasteiger partial charge on any atom is 0.266 e. The minimum absolute atomic E-state index is 0.0212. The molecule has 1 N–H and O–H groups in total. The molecule has 1 aromatic heterocycles. The molecule has 0 aliphatic carbocycles. The van der Waals surface area contributed by atoms with Crippen molar-refractivity contribution in [2.24, 2.45) is 5.41 Å². The number of pyridine rings is 1. The van der Waals surface area contributed by atoms with Gasteiger partial charge in [0.05, 0.1) is 0 Å². The van der Waals surface area contributed by atoms with Gasteiger partial charge in [-0.25, -0.2) is 0 Å². The summed E-state index contributed by atoms with van der Waals surface area (Å²) >= 11 is 0. The van der Waals surface area contributed by atoms with Crippen LogP contribution < -0.4 is 5.56 Å². The van der Waals surface area contributed by atoms with Crippen LogP contribution in [0.5, 0.6) is 0 Å². The molecule has 2 aromatic rings. The Morgan fingerprint density at radius 2 is 1.85 bits per heavy atom. The van der Waals surface area contributed by atoms with E-state index in [9.17, 15) is 10.1 Å². The molecule has 0 atom stereocenters. The molecule has 0 aliphatic rings. The van der Waals surface area contributed by atoms with Gasteiger partial charge in [0.25, 0.3) is 5.56 Å². The molecule has 3 heteroatoms. The Morgan fingerprint density at radius 1 is 1.20 bits per heavy atom. The van der Waals surface area contributed by atoms with E-state index in [0.29, 0.717) is 6.42 Å². The van der Waals surface area contributed by atoms with Gasteiger partial charge in [0, 0.05) is 5.69 Å². The molecule has 0 unspecified atom stereocenters. The lowest BCUT2D eigenvalue weighted by Gasteiger charge is -2.19. The lowest BCUT2D eigenvalue weighted by molar-refractivity contribution is 0.410. The van der Waals surface area contributed by atoms with Crippen molar-refractivity contribution in [1.82, 2.24) is 4.98 Å². The molecule has 0 radical (unpaired) electrons. The number of nitrogens with one attached hydrogen (secondary N) is 1. The van der Waals surface area contributed by atoms with Crippen LogP contribution in [0.1, 0.15) is 31.9 Å². The first kappa shape index (κ1) is 14.1. The van der Waals surface area contributed by atoms with E-state index in [-0.39, 0.29) is 16.5 Å². The molecule has 0 fully saturated rings. The van der Waals surface area contributed by atoms with Crippen molar-refractivity contribution < 1.29 is 0 Å². The molecular formula is C17H18N2O. The lowest BCUT2D eigenvalue weighted by atomic mass is 9.86. The highest BCUT2D eigenvalue weighted by Crippen LogP contribution is 2.24. The molecule has 0 spiro atoms. The second-order valence-electron chi connectivity index (χ2n) is 6.13. The number of H-pyrrole nitrogens is 1. The van der Waals surface area contributed by atoms with Crippen molar-refractivity contribution in [2.75, 3.05) is 0 Å². The second kappa shape index (κ2) is 5.34. The molecular weight excluding hydrogens is 248 g/mol. The first-order valence-corrected chi connectivity index (χ1v) is 6.62. The van der Waals surface area contributed by atoms with Gasteiger partial charge in [-0.2, -0.15) is 5.26 Å². The SMILES string of the molecule is CC(C)(C)Cc1cc(-c2ccccc2)[nH]c(=O)c1C#N. The molecule has 20 heavy (non-hydrogen) atoms. The second-order valence-corrected chi connectivity index (χ2v) is 6.13. The van der Waals surface area contributed by atoms with Crippen molar-refractivity contribution in [2.45, 2.75) is 27.2 Å². The maximum atomic E-state index is 12.1. The quantitative estimate of drug-likeness (QED) is 0.904. The first-order chi connectivity index (χ1) is 9.40. The zero-order valence-electron chi connectivity index (χ0n) is 12.0. The van der Waals surface area contributed by atoms with Crippen LogP contribution in [-0.2, 0) is 6.42 Å². The van der Waals surface area contributed by atoms with Crippen molar-refractivity contribution >= 4 is 0 Å². The van der Waals surface area contributed by atoms with Gasteiger partial charge in [-0.15, -0.1) is 0 Å². The van der Waals surface area contributed by atoms with E-state index in [4.69, 9.17) is 0 Å². The number of hydrogen-bond acceptors (Lipinski definition) is 2. The predicted molar refractivity (Wildman–Crippen MR) is 80.4 cm³/mol. The zero-order chi connectivity index (χ0) is 14.8. The molecule has 1 aromatic carbocycles. The average Bonchev–Trinajstić information content (AvgIpc) is 2.37. The van der Waals surface area contributed by atoms with Gasteiger partial charge in [0.1, 0.15) is 11.6 Å². The molecule has 2 rings (SSSR count). The highest BCUT2D eigenvalue weighted by Gasteiger charge is 2.17. The van der Waals surface area contributed by atoms with E-state index in [2.05, 4.69) is 25.8 Å². The Labute approximate surface area is 118 Å². The molecule has 3 nitrogen and oxygen atoms in total. The molecule has 0 bridgehead atoms. The average molecular weight is 266 g/mol. The van der Waals surface area contributed by atoms with Crippen LogP contribution in [0.2, 0.25) is 0 Å². The summed E-state index contributed by atoms with van der Waals surface area (Å²) in [5.74, 6) is 0. The maximum absolute atomic E-state index is 12.1. The number of hydrogen-bond donors (Lipinski definition) is 1. The Hall–Kier alpha value is -2.34. The summed E-state index contributed by atoms with van der Waals surface area (Å²) in [5.41, 5.74) is 2.45. The minimum atomic E-state index is -0.312.